The van der Waals surface area contributed by atoms with E-state index in [0.29, 0.717) is 5.75 Å². The summed E-state index contributed by atoms with van der Waals surface area (Å²) in [5.74, 6) is 1.13. The molecule has 0 bridgehead atoms. The van der Waals surface area contributed by atoms with Crippen molar-refractivity contribution in [2.45, 2.75) is 19.6 Å². The van der Waals surface area contributed by atoms with Crippen LogP contribution in [0.5, 0.6) is 0 Å². The number of carbonyl (C=O) groups excluding carboxylic acids is 1. The van der Waals surface area contributed by atoms with Crippen molar-refractivity contribution < 1.29 is 4.79 Å². The van der Waals surface area contributed by atoms with Gasteiger partial charge in [0, 0.05) is 10.2 Å². The van der Waals surface area contributed by atoms with Crippen LogP contribution in [0.4, 0.5) is 0 Å². The fourth-order valence-corrected chi connectivity index (χ4v) is 3.08. The third kappa shape index (κ3) is 6.20. The summed E-state index contributed by atoms with van der Waals surface area (Å²) in [6.45, 7) is 3.94. The van der Waals surface area contributed by atoms with E-state index in [1.54, 1.807) is 11.8 Å². The number of halogens is 1. The van der Waals surface area contributed by atoms with E-state index in [0.717, 1.165) is 21.5 Å². The molecule has 120 valence electrons. The Morgan fingerprint density at radius 3 is 2.65 bits per heavy atom. The second-order valence-electron chi connectivity index (χ2n) is 5.22. The number of amides is 1. The van der Waals surface area contributed by atoms with Gasteiger partial charge in [0.1, 0.15) is 0 Å². The van der Waals surface area contributed by atoms with Crippen LogP contribution in [0, 0.1) is 6.92 Å². The van der Waals surface area contributed by atoms with Gasteiger partial charge in [-0.3, -0.25) is 4.79 Å². The Hall–Kier alpha value is -1.59. The third-order valence-electron chi connectivity index (χ3n) is 3.21. The quantitative estimate of drug-likeness (QED) is 0.581. The maximum absolute atomic E-state index is 11.8. The van der Waals surface area contributed by atoms with Crippen molar-refractivity contribution in [1.82, 2.24) is 5.43 Å². The van der Waals surface area contributed by atoms with Crippen LogP contribution in [0.15, 0.2) is 58.1 Å². The molecule has 23 heavy (non-hydrogen) atoms. The molecule has 2 aromatic carbocycles. The molecule has 0 saturated heterocycles. The van der Waals surface area contributed by atoms with Gasteiger partial charge < -0.3 is 0 Å². The predicted octanol–water partition coefficient (Wildman–Crippen LogP) is 4.53. The van der Waals surface area contributed by atoms with Crippen molar-refractivity contribution in [3.05, 3.63) is 69.7 Å². The van der Waals surface area contributed by atoms with Gasteiger partial charge in [-0.05, 0) is 37.1 Å². The standard InChI is InChI=1S/C18H19BrN2OS/c1-13-6-8-15(9-7-13)11-23-12-18(22)21-20-14(2)16-4-3-5-17(19)10-16/h3-10H,11-12H2,1-2H3,(H,21,22)/b20-14-. The number of nitrogens with one attached hydrogen (secondary N) is 1. The molecule has 0 aromatic heterocycles. The highest BCUT2D eigenvalue weighted by Gasteiger charge is 2.03. The van der Waals surface area contributed by atoms with Crippen molar-refractivity contribution in [2.75, 3.05) is 5.75 Å². The highest BCUT2D eigenvalue weighted by molar-refractivity contribution is 9.10. The first kappa shape index (κ1) is 17.8. The number of benzene rings is 2. The van der Waals surface area contributed by atoms with E-state index in [-0.39, 0.29) is 5.91 Å². The lowest BCUT2D eigenvalue weighted by atomic mass is 10.1. The molecule has 0 unspecified atom stereocenters. The number of aryl methyl sites for hydroxylation is 1. The summed E-state index contributed by atoms with van der Waals surface area (Å²) in [5, 5.41) is 4.16. The molecule has 0 atom stereocenters. The smallest absolute Gasteiger partial charge is 0.250 e. The van der Waals surface area contributed by atoms with Gasteiger partial charge in [-0.2, -0.15) is 5.10 Å². The van der Waals surface area contributed by atoms with Crippen LogP contribution in [-0.4, -0.2) is 17.4 Å². The van der Waals surface area contributed by atoms with E-state index in [1.165, 1.54) is 11.1 Å². The summed E-state index contributed by atoms with van der Waals surface area (Å²) in [5.41, 5.74) is 6.84. The van der Waals surface area contributed by atoms with Gasteiger partial charge >= 0.3 is 0 Å². The molecular formula is C18H19BrN2OS. The molecule has 0 spiro atoms. The SMILES string of the molecule is C/C(=N/NC(=O)CSCc1ccc(C)cc1)c1cccc(Br)c1. The first-order valence-corrected chi connectivity index (χ1v) is 9.22. The summed E-state index contributed by atoms with van der Waals surface area (Å²) in [6, 6.07) is 16.2. The minimum atomic E-state index is -0.0866. The number of hydrogen-bond donors (Lipinski definition) is 1. The van der Waals surface area contributed by atoms with Crippen LogP contribution >= 0.6 is 27.7 Å². The lowest BCUT2D eigenvalue weighted by Crippen LogP contribution is -2.21. The molecule has 2 aromatic rings. The minimum Gasteiger partial charge on any atom is -0.272 e. The summed E-state index contributed by atoms with van der Waals surface area (Å²) in [4.78, 5) is 11.8. The van der Waals surface area contributed by atoms with Gasteiger partial charge in [-0.25, -0.2) is 5.43 Å². The Labute approximate surface area is 149 Å². The summed E-state index contributed by atoms with van der Waals surface area (Å²) in [7, 11) is 0. The van der Waals surface area contributed by atoms with E-state index in [2.05, 4.69) is 57.6 Å². The molecule has 2 rings (SSSR count). The van der Waals surface area contributed by atoms with Crippen LogP contribution in [0.3, 0.4) is 0 Å². The van der Waals surface area contributed by atoms with Crippen LogP contribution in [0.2, 0.25) is 0 Å². The molecule has 0 aliphatic carbocycles. The van der Waals surface area contributed by atoms with Gasteiger partial charge in [0.25, 0.3) is 0 Å². The second kappa shape index (κ2) is 8.89. The first-order valence-electron chi connectivity index (χ1n) is 7.27. The number of rotatable bonds is 6. The van der Waals surface area contributed by atoms with Crippen molar-refractivity contribution in [1.29, 1.82) is 0 Å². The van der Waals surface area contributed by atoms with Crippen molar-refractivity contribution in [3.63, 3.8) is 0 Å². The Morgan fingerprint density at radius 1 is 1.22 bits per heavy atom. The Kier molecular flexibility index (Phi) is 6.86. The Bertz CT molecular complexity index is 698. The van der Waals surface area contributed by atoms with Crippen molar-refractivity contribution in [2.24, 2.45) is 5.10 Å². The van der Waals surface area contributed by atoms with E-state index in [4.69, 9.17) is 0 Å². The van der Waals surface area contributed by atoms with Gasteiger partial charge in [0.15, 0.2) is 0 Å². The van der Waals surface area contributed by atoms with Crippen LogP contribution in [0.25, 0.3) is 0 Å². The summed E-state index contributed by atoms with van der Waals surface area (Å²) >= 11 is 5.01. The second-order valence-corrected chi connectivity index (χ2v) is 7.12. The Balaban J connectivity index is 1.78. The van der Waals surface area contributed by atoms with Gasteiger partial charge in [-0.15, -0.1) is 11.8 Å². The molecule has 0 heterocycles. The number of hydrogen-bond acceptors (Lipinski definition) is 3. The van der Waals surface area contributed by atoms with Crippen LogP contribution in [-0.2, 0) is 10.5 Å². The first-order chi connectivity index (χ1) is 11.0. The van der Waals surface area contributed by atoms with E-state index in [1.807, 2.05) is 31.2 Å². The van der Waals surface area contributed by atoms with E-state index in [9.17, 15) is 4.79 Å². The molecule has 3 nitrogen and oxygen atoms in total. The van der Waals surface area contributed by atoms with Gasteiger partial charge in [0.2, 0.25) is 5.91 Å². The number of thioether (sulfide) groups is 1. The molecule has 0 fully saturated rings. The minimum absolute atomic E-state index is 0.0866. The molecule has 5 heteroatoms. The zero-order valence-electron chi connectivity index (χ0n) is 13.2. The zero-order chi connectivity index (χ0) is 16.7. The Morgan fingerprint density at radius 2 is 1.96 bits per heavy atom. The largest absolute Gasteiger partial charge is 0.272 e. The third-order valence-corrected chi connectivity index (χ3v) is 4.71. The average Bonchev–Trinajstić information content (AvgIpc) is 2.54. The van der Waals surface area contributed by atoms with E-state index < -0.39 is 0 Å². The maximum Gasteiger partial charge on any atom is 0.250 e. The average molecular weight is 391 g/mol. The monoisotopic (exact) mass is 390 g/mol. The molecule has 0 saturated carbocycles. The lowest BCUT2D eigenvalue weighted by molar-refractivity contribution is -0.118. The highest BCUT2D eigenvalue weighted by atomic mass is 79.9. The van der Waals surface area contributed by atoms with Gasteiger partial charge in [-0.1, -0.05) is 57.9 Å². The van der Waals surface area contributed by atoms with Gasteiger partial charge in [0.05, 0.1) is 11.5 Å². The fraction of sp³-hybridized carbons (Fsp3) is 0.222. The van der Waals surface area contributed by atoms with Crippen molar-refractivity contribution >= 4 is 39.3 Å². The lowest BCUT2D eigenvalue weighted by Gasteiger charge is -2.04. The number of carbonyl (C=O) groups is 1. The fourth-order valence-electron chi connectivity index (χ4n) is 1.90. The summed E-state index contributed by atoms with van der Waals surface area (Å²) < 4.78 is 0.990. The molecule has 1 amide bonds. The molecular weight excluding hydrogens is 372 g/mol. The molecule has 0 aliphatic rings. The zero-order valence-corrected chi connectivity index (χ0v) is 15.6. The van der Waals surface area contributed by atoms with Crippen molar-refractivity contribution in [3.8, 4) is 0 Å². The molecule has 1 N–H and O–H groups in total. The topological polar surface area (TPSA) is 41.5 Å². The van der Waals surface area contributed by atoms with E-state index >= 15 is 0 Å². The van der Waals surface area contributed by atoms with Crippen LogP contribution < -0.4 is 5.43 Å². The molecule has 0 radical (unpaired) electrons. The normalized spacial score (nSPS) is 11.3. The van der Waals surface area contributed by atoms with Crippen LogP contribution in [0.1, 0.15) is 23.6 Å². The maximum atomic E-state index is 11.8. The number of hydrazone groups is 1. The predicted molar refractivity (Wildman–Crippen MR) is 102 cm³/mol. The summed E-state index contributed by atoms with van der Waals surface area (Å²) in [6.07, 6.45) is 0. The number of nitrogens with zero attached hydrogens (tertiary/aromatic N) is 1. The molecule has 0 aliphatic heterocycles. The highest BCUT2D eigenvalue weighted by Crippen LogP contribution is 2.13.